The molecule has 0 saturated carbocycles. The molecule has 1 N–H and O–H groups in total. The van der Waals surface area contributed by atoms with Crippen LogP contribution in [0.3, 0.4) is 0 Å². The summed E-state index contributed by atoms with van der Waals surface area (Å²) in [7, 11) is 1.60. The number of rotatable bonds is 3. The molecular weight excluding hydrogens is 280 g/mol. The maximum atomic E-state index is 12.3. The van der Waals surface area contributed by atoms with E-state index in [1.807, 2.05) is 30.9 Å². The Kier molecular flexibility index (Phi) is 5.33. The molecule has 2 unspecified atom stereocenters. The van der Waals surface area contributed by atoms with Crippen molar-refractivity contribution >= 4 is 17.9 Å². The van der Waals surface area contributed by atoms with E-state index in [4.69, 9.17) is 4.74 Å². The van der Waals surface area contributed by atoms with Gasteiger partial charge in [0.25, 0.3) is 5.91 Å². The highest BCUT2D eigenvalue weighted by Gasteiger charge is 2.25. The summed E-state index contributed by atoms with van der Waals surface area (Å²) in [4.78, 5) is 25.6. The van der Waals surface area contributed by atoms with Gasteiger partial charge in [-0.2, -0.15) is 0 Å². The Morgan fingerprint density at radius 3 is 2.59 bits per heavy atom. The van der Waals surface area contributed by atoms with Gasteiger partial charge in [0.05, 0.1) is 18.8 Å². The third kappa shape index (κ3) is 3.95. The predicted octanol–water partition coefficient (Wildman–Crippen LogP) is 1.70. The van der Waals surface area contributed by atoms with Gasteiger partial charge in [0, 0.05) is 25.2 Å². The molecule has 1 aromatic carbocycles. The first kappa shape index (κ1) is 16.2. The van der Waals surface area contributed by atoms with E-state index in [0.717, 1.165) is 5.56 Å². The Hall–Kier alpha value is -2.14. The van der Waals surface area contributed by atoms with Crippen LogP contribution in [0.15, 0.2) is 30.3 Å². The first-order chi connectivity index (χ1) is 10.5. The second kappa shape index (κ2) is 7.22. The summed E-state index contributed by atoms with van der Waals surface area (Å²) in [5.74, 6) is -0.138. The molecule has 2 atom stereocenters. The number of hydrogen-bond acceptors (Lipinski definition) is 3. The van der Waals surface area contributed by atoms with E-state index in [1.54, 1.807) is 31.3 Å². The summed E-state index contributed by atoms with van der Waals surface area (Å²) in [6.45, 7) is 5.13. The lowest BCUT2D eigenvalue weighted by Crippen LogP contribution is -2.49. The molecule has 0 spiro atoms. The maximum absolute atomic E-state index is 12.3. The smallest absolute Gasteiger partial charge is 0.251 e. The van der Waals surface area contributed by atoms with E-state index in [0.29, 0.717) is 18.7 Å². The second-order valence-electron chi connectivity index (χ2n) is 5.52. The summed E-state index contributed by atoms with van der Waals surface area (Å²) in [6.07, 6.45) is 3.41. The molecule has 118 valence electrons. The number of nitrogens with zero attached hydrogens (tertiary/aromatic N) is 1. The van der Waals surface area contributed by atoms with Crippen molar-refractivity contribution in [2.45, 2.75) is 26.0 Å². The van der Waals surface area contributed by atoms with Crippen LogP contribution in [0.25, 0.3) is 6.08 Å². The number of morpholine rings is 1. The van der Waals surface area contributed by atoms with Gasteiger partial charge in [0.1, 0.15) is 0 Å². The van der Waals surface area contributed by atoms with Crippen molar-refractivity contribution in [2.75, 3.05) is 20.2 Å². The van der Waals surface area contributed by atoms with E-state index in [2.05, 4.69) is 5.32 Å². The molecule has 2 amide bonds. The van der Waals surface area contributed by atoms with Crippen LogP contribution in [-0.4, -0.2) is 49.1 Å². The lowest BCUT2D eigenvalue weighted by Gasteiger charge is -2.36. The quantitative estimate of drug-likeness (QED) is 0.865. The molecule has 5 nitrogen and oxygen atoms in total. The van der Waals surface area contributed by atoms with Crippen LogP contribution in [0, 0.1) is 0 Å². The lowest BCUT2D eigenvalue weighted by molar-refractivity contribution is -0.137. The van der Waals surface area contributed by atoms with Gasteiger partial charge in [-0.15, -0.1) is 0 Å². The van der Waals surface area contributed by atoms with Crippen LogP contribution in [0.5, 0.6) is 0 Å². The van der Waals surface area contributed by atoms with Gasteiger partial charge in [0.2, 0.25) is 5.91 Å². The van der Waals surface area contributed by atoms with Crippen LogP contribution >= 0.6 is 0 Å². The predicted molar refractivity (Wildman–Crippen MR) is 85.5 cm³/mol. The normalized spacial score (nSPS) is 21.9. The van der Waals surface area contributed by atoms with E-state index in [9.17, 15) is 9.59 Å². The van der Waals surface area contributed by atoms with Crippen LogP contribution in [-0.2, 0) is 9.53 Å². The number of carbonyl (C=O) groups is 2. The zero-order valence-electron chi connectivity index (χ0n) is 13.2. The highest BCUT2D eigenvalue weighted by molar-refractivity contribution is 5.95. The van der Waals surface area contributed by atoms with E-state index in [1.165, 1.54) is 0 Å². The van der Waals surface area contributed by atoms with Crippen molar-refractivity contribution in [3.63, 3.8) is 0 Å². The van der Waals surface area contributed by atoms with E-state index >= 15 is 0 Å². The van der Waals surface area contributed by atoms with Crippen LogP contribution < -0.4 is 5.32 Å². The summed E-state index contributed by atoms with van der Waals surface area (Å²) in [5.41, 5.74) is 1.48. The van der Waals surface area contributed by atoms with Crippen LogP contribution in [0.1, 0.15) is 29.8 Å². The van der Waals surface area contributed by atoms with Gasteiger partial charge < -0.3 is 15.0 Å². The molecule has 5 heteroatoms. The number of carbonyl (C=O) groups excluding carboxylic acids is 2. The largest absolute Gasteiger partial charge is 0.375 e. The Morgan fingerprint density at radius 1 is 1.27 bits per heavy atom. The molecule has 1 aliphatic heterocycles. The Labute approximate surface area is 130 Å². The van der Waals surface area contributed by atoms with Crippen molar-refractivity contribution in [3.05, 3.63) is 41.5 Å². The Morgan fingerprint density at radius 2 is 1.95 bits per heavy atom. The highest BCUT2D eigenvalue weighted by atomic mass is 16.5. The zero-order valence-corrected chi connectivity index (χ0v) is 13.2. The van der Waals surface area contributed by atoms with Crippen molar-refractivity contribution in [1.82, 2.24) is 10.2 Å². The molecule has 1 fully saturated rings. The first-order valence-electron chi connectivity index (χ1n) is 7.43. The number of amides is 2. The number of nitrogens with one attached hydrogen (secondary N) is 1. The van der Waals surface area contributed by atoms with Gasteiger partial charge in [-0.25, -0.2) is 0 Å². The van der Waals surface area contributed by atoms with Crippen LogP contribution in [0.2, 0.25) is 0 Å². The van der Waals surface area contributed by atoms with Gasteiger partial charge in [-0.05, 0) is 37.6 Å². The fourth-order valence-corrected chi connectivity index (χ4v) is 2.36. The summed E-state index contributed by atoms with van der Waals surface area (Å²) >= 11 is 0. The molecule has 22 heavy (non-hydrogen) atoms. The van der Waals surface area contributed by atoms with Crippen LogP contribution in [0.4, 0.5) is 0 Å². The lowest BCUT2D eigenvalue weighted by atomic mass is 10.1. The molecule has 0 bridgehead atoms. The van der Waals surface area contributed by atoms with Gasteiger partial charge in [-0.1, -0.05) is 12.1 Å². The molecule has 0 aliphatic carbocycles. The van der Waals surface area contributed by atoms with Crippen molar-refractivity contribution < 1.29 is 14.3 Å². The molecule has 0 aromatic heterocycles. The average molecular weight is 302 g/mol. The number of hydrogen-bond donors (Lipinski definition) is 1. The summed E-state index contributed by atoms with van der Waals surface area (Å²) in [6, 6.07) is 7.20. The minimum atomic E-state index is -0.122. The molecular formula is C17H22N2O3. The third-order valence-corrected chi connectivity index (χ3v) is 3.71. The van der Waals surface area contributed by atoms with Crippen molar-refractivity contribution in [1.29, 1.82) is 0 Å². The van der Waals surface area contributed by atoms with E-state index < -0.39 is 0 Å². The molecule has 2 rings (SSSR count). The fourth-order valence-electron chi connectivity index (χ4n) is 2.36. The van der Waals surface area contributed by atoms with Gasteiger partial charge in [-0.3, -0.25) is 9.59 Å². The van der Waals surface area contributed by atoms with Gasteiger partial charge in [0.15, 0.2) is 0 Å². The molecule has 1 heterocycles. The van der Waals surface area contributed by atoms with E-state index in [-0.39, 0.29) is 24.0 Å². The topological polar surface area (TPSA) is 58.6 Å². The minimum absolute atomic E-state index is 0.0157. The zero-order chi connectivity index (χ0) is 16.1. The summed E-state index contributed by atoms with van der Waals surface area (Å²) < 4.78 is 5.52. The fraction of sp³-hybridized carbons (Fsp3) is 0.412. The first-order valence-corrected chi connectivity index (χ1v) is 7.43. The number of benzene rings is 1. The SMILES string of the molecule is CNC(=O)c1ccc(/C=C/C(=O)N2CC(C)OCC2C)cc1. The second-order valence-corrected chi connectivity index (χ2v) is 5.52. The number of ether oxygens (including phenoxy) is 1. The van der Waals surface area contributed by atoms with Gasteiger partial charge >= 0.3 is 0 Å². The molecule has 1 aromatic rings. The molecule has 1 saturated heterocycles. The minimum Gasteiger partial charge on any atom is -0.375 e. The monoisotopic (exact) mass is 302 g/mol. The average Bonchev–Trinajstić information content (AvgIpc) is 2.54. The highest BCUT2D eigenvalue weighted by Crippen LogP contribution is 2.13. The standard InChI is InChI=1S/C17H22N2O3/c1-12-11-22-13(2)10-19(12)16(20)9-6-14-4-7-15(8-5-14)17(21)18-3/h4-9,12-13H,10-11H2,1-3H3,(H,18,21)/b9-6+. The van der Waals surface area contributed by atoms with Crippen molar-refractivity contribution in [2.24, 2.45) is 0 Å². The molecule has 1 aliphatic rings. The maximum Gasteiger partial charge on any atom is 0.251 e. The molecule has 0 radical (unpaired) electrons. The Balaban J connectivity index is 2.01. The van der Waals surface area contributed by atoms with Crippen molar-refractivity contribution in [3.8, 4) is 0 Å². The third-order valence-electron chi connectivity index (χ3n) is 3.71. The Bertz CT molecular complexity index is 566. The summed E-state index contributed by atoms with van der Waals surface area (Å²) in [5, 5.41) is 2.57.